The van der Waals surface area contributed by atoms with Crippen molar-refractivity contribution in [2.24, 2.45) is 0 Å². The van der Waals surface area contributed by atoms with E-state index in [4.69, 9.17) is 9.47 Å². The van der Waals surface area contributed by atoms with Gasteiger partial charge in [-0.1, -0.05) is 12.1 Å². The Labute approximate surface area is 133 Å². The van der Waals surface area contributed by atoms with E-state index in [2.05, 4.69) is 46.9 Å². The van der Waals surface area contributed by atoms with Gasteiger partial charge in [0, 0.05) is 3.57 Å². The summed E-state index contributed by atoms with van der Waals surface area (Å²) in [6, 6.07) is 8.25. The number of hydrogen-bond donors (Lipinski definition) is 0. The minimum atomic E-state index is -0.440. The molecule has 0 saturated carbocycles. The Morgan fingerprint density at radius 1 is 1.30 bits per heavy atom. The van der Waals surface area contributed by atoms with Gasteiger partial charge in [0.15, 0.2) is 0 Å². The van der Waals surface area contributed by atoms with Crippen molar-refractivity contribution in [2.75, 3.05) is 13.1 Å². The van der Waals surface area contributed by atoms with Crippen LogP contribution >= 0.6 is 22.6 Å². The lowest BCUT2D eigenvalue weighted by molar-refractivity contribution is -0.0691. The van der Waals surface area contributed by atoms with E-state index in [-0.39, 0.29) is 12.2 Å². The highest BCUT2D eigenvalue weighted by Gasteiger charge is 2.34. The Balaban J connectivity index is 1.69. The summed E-state index contributed by atoms with van der Waals surface area (Å²) in [6.07, 6.45) is -0.145. The van der Waals surface area contributed by atoms with E-state index in [0.717, 1.165) is 5.56 Å². The lowest BCUT2D eigenvalue weighted by Gasteiger charge is -2.39. The number of carbonyl (C=O) groups is 1. The molecule has 0 N–H and O–H groups in total. The molecule has 4 nitrogen and oxygen atoms in total. The van der Waals surface area contributed by atoms with Crippen molar-refractivity contribution in [3.05, 3.63) is 33.4 Å². The molecule has 0 radical (unpaired) electrons. The predicted molar refractivity (Wildman–Crippen MR) is 85.5 cm³/mol. The van der Waals surface area contributed by atoms with Crippen LogP contribution in [-0.4, -0.2) is 35.8 Å². The Morgan fingerprint density at radius 3 is 2.45 bits per heavy atom. The van der Waals surface area contributed by atoms with Crippen molar-refractivity contribution in [1.82, 2.24) is 4.90 Å². The van der Waals surface area contributed by atoms with Crippen LogP contribution in [0.2, 0.25) is 0 Å². The van der Waals surface area contributed by atoms with Crippen LogP contribution in [0.4, 0.5) is 4.79 Å². The van der Waals surface area contributed by atoms with Crippen LogP contribution in [0.15, 0.2) is 24.3 Å². The highest BCUT2D eigenvalue weighted by atomic mass is 127. The highest BCUT2D eigenvalue weighted by Crippen LogP contribution is 2.18. The molecule has 0 unspecified atom stereocenters. The minimum absolute atomic E-state index is 0.113. The first kappa shape index (κ1) is 15.6. The Kier molecular flexibility index (Phi) is 4.90. The van der Waals surface area contributed by atoms with E-state index >= 15 is 0 Å². The minimum Gasteiger partial charge on any atom is -0.444 e. The molecule has 1 fully saturated rings. The fourth-order valence-corrected chi connectivity index (χ4v) is 2.17. The van der Waals surface area contributed by atoms with E-state index in [9.17, 15) is 4.79 Å². The molecule has 0 aromatic heterocycles. The SMILES string of the molecule is CC(C)(C)OC(=O)N1CC(OCc2ccc(I)cc2)C1. The third-order valence-corrected chi connectivity index (χ3v) is 3.62. The molecule has 5 heteroatoms. The van der Waals surface area contributed by atoms with Crippen molar-refractivity contribution in [2.45, 2.75) is 39.1 Å². The van der Waals surface area contributed by atoms with Crippen molar-refractivity contribution >= 4 is 28.7 Å². The Hall–Kier alpha value is -0.820. The van der Waals surface area contributed by atoms with Crippen LogP contribution in [0.1, 0.15) is 26.3 Å². The summed E-state index contributed by atoms with van der Waals surface area (Å²) in [5, 5.41) is 0. The number of ether oxygens (including phenoxy) is 2. The van der Waals surface area contributed by atoms with Gasteiger partial charge in [0.25, 0.3) is 0 Å². The summed E-state index contributed by atoms with van der Waals surface area (Å²) < 4.78 is 12.3. The van der Waals surface area contributed by atoms with Crippen LogP contribution in [-0.2, 0) is 16.1 Å². The standard InChI is InChI=1S/C15H20INO3/c1-15(2,3)20-14(18)17-8-13(9-17)19-10-11-4-6-12(16)7-5-11/h4-7,13H,8-10H2,1-3H3. The van der Waals surface area contributed by atoms with E-state index in [1.54, 1.807) is 4.90 Å². The van der Waals surface area contributed by atoms with Crippen LogP contribution in [0.3, 0.4) is 0 Å². The summed E-state index contributed by atoms with van der Waals surface area (Å²) in [5.41, 5.74) is 0.714. The maximum Gasteiger partial charge on any atom is 0.410 e. The number of rotatable bonds is 3. The number of halogens is 1. The maximum absolute atomic E-state index is 11.7. The van der Waals surface area contributed by atoms with E-state index in [1.807, 2.05) is 20.8 Å². The van der Waals surface area contributed by atoms with Crippen molar-refractivity contribution < 1.29 is 14.3 Å². The molecule has 0 aliphatic carbocycles. The fraction of sp³-hybridized carbons (Fsp3) is 0.533. The second kappa shape index (κ2) is 6.30. The molecule has 1 heterocycles. The number of carbonyl (C=O) groups excluding carboxylic acids is 1. The largest absolute Gasteiger partial charge is 0.444 e. The zero-order valence-corrected chi connectivity index (χ0v) is 14.2. The molecule has 1 amide bonds. The highest BCUT2D eigenvalue weighted by molar-refractivity contribution is 14.1. The average Bonchev–Trinajstić information content (AvgIpc) is 2.27. The molecule has 0 spiro atoms. The average molecular weight is 389 g/mol. The summed E-state index contributed by atoms with van der Waals surface area (Å²) in [4.78, 5) is 13.4. The molecule has 1 aromatic rings. The Morgan fingerprint density at radius 2 is 1.90 bits per heavy atom. The third kappa shape index (κ3) is 4.63. The van der Waals surface area contributed by atoms with Gasteiger partial charge in [-0.3, -0.25) is 0 Å². The van der Waals surface area contributed by atoms with Gasteiger partial charge in [0.05, 0.1) is 25.8 Å². The van der Waals surface area contributed by atoms with Crippen molar-refractivity contribution in [1.29, 1.82) is 0 Å². The van der Waals surface area contributed by atoms with Gasteiger partial charge < -0.3 is 14.4 Å². The van der Waals surface area contributed by atoms with Gasteiger partial charge in [0.1, 0.15) is 5.60 Å². The number of amides is 1. The first-order chi connectivity index (χ1) is 9.33. The maximum atomic E-state index is 11.7. The topological polar surface area (TPSA) is 38.8 Å². The van der Waals surface area contributed by atoms with Crippen LogP contribution in [0.5, 0.6) is 0 Å². The van der Waals surface area contributed by atoms with E-state index in [1.165, 1.54) is 3.57 Å². The molecule has 1 saturated heterocycles. The Bertz CT molecular complexity index is 461. The molecule has 1 aliphatic heterocycles. The molecule has 110 valence electrons. The predicted octanol–water partition coefficient (Wildman–Crippen LogP) is 3.43. The normalized spacial score (nSPS) is 15.9. The molecule has 20 heavy (non-hydrogen) atoms. The van der Waals surface area contributed by atoms with Gasteiger partial charge in [-0.2, -0.15) is 0 Å². The van der Waals surface area contributed by atoms with E-state index in [0.29, 0.717) is 19.7 Å². The first-order valence-electron chi connectivity index (χ1n) is 6.67. The molecule has 1 aromatic carbocycles. The smallest absolute Gasteiger partial charge is 0.410 e. The third-order valence-electron chi connectivity index (χ3n) is 2.90. The molecular formula is C15H20INO3. The summed E-state index contributed by atoms with van der Waals surface area (Å²) in [5.74, 6) is 0. The van der Waals surface area contributed by atoms with Crippen LogP contribution < -0.4 is 0 Å². The van der Waals surface area contributed by atoms with Gasteiger partial charge in [0.2, 0.25) is 0 Å². The summed E-state index contributed by atoms with van der Waals surface area (Å²) >= 11 is 2.28. The number of hydrogen-bond acceptors (Lipinski definition) is 3. The number of benzene rings is 1. The first-order valence-corrected chi connectivity index (χ1v) is 7.75. The quantitative estimate of drug-likeness (QED) is 0.744. The molecule has 2 rings (SSSR count). The van der Waals surface area contributed by atoms with Crippen LogP contribution in [0, 0.1) is 3.57 Å². The van der Waals surface area contributed by atoms with E-state index < -0.39 is 5.60 Å². The number of likely N-dealkylation sites (tertiary alicyclic amines) is 1. The molecular weight excluding hydrogens is 369 g/mol. The van der Waals surface area contributed by atoms with Gasteiger partial charge in [-0.25, -0.2) is 4.79 Å². The second-order valence-electron chi connectivity index (χ2n) is 5.94. The second-order valence-corrected chi connectivity index (χ2v) is 7.19. The van der Waals surface area contributed by atoms with Crippen molar-refractivity contribution in [3.63, 3.8) is 0 Å². The summed E-state index contributed by atoms with van der Waals surface area (Å²) in [6.45, 7) is 7.42. The monoisotopic (exact) mass is 389 g/mol. The zero-order chi connectivity index (χ0) is 14.8. The number of nitrogens with zero attached hydrogens (tertiary/aromatic N) is 1. The fourth-order valence-electron chi connectivity index (χ4n) is 1.81. The van der Waals surface area contributed by atoms with Crippen LogP contribution in [0.25, 0.3) is 0 Å². The molecule has 0 atom stereocenters. The van der Waals surface area contributed by atoms with Gasteiger partial charge in [-0.05, 0) is 61.1 Å². The van der Waals surface area contributed by atoms with Crippen molar-refractivity contribution in [3.8, 4) is 0 Å². The lowest BCUT2D eigenvalue weighted by atomic mass is 10.1. The zero-order valence-electron chi connectivity index (χ0n) is 12.1. The molecule has 0 bridgehead atoms. The van der Waals surface area contributed by atoms with Gasteiger partial charge >= 0.3 is 6.09 Å². The van der Waals surface area contributed by atoms with Gasteiger partial charge in [-0.15, -0.1) is 0 Å². The lowest BCUT2D eigenvalue weighted by Crippen LogP contribution is -2.55. The summed E-state index contributed by atoms with van der Waals surface area (Å²) in [7, 11) is 0. The molecule has 1 aliphatic rings.